The Labute approximate surface area is 102 Å². The van der Waals surface area contributed by atoms with Crippen LogP contribution in [0.25, 0.3) is 0 Å². The molecule has 0 bridgehead atoms. The smallest absolute Gasteiger partial charge is 0.132 e. The number of aliphatic hydroxyl groups is 2. The van der Waals surface area contributed by atoms with E-state index in [4.69, 9.17) is 0 Å². The number of aryl methyl sites for hydroxylation is 2. The minimum atomic E-state index is 0.00363. The molecule has 1 aromatic rings. The summed E-state index contributed by atoms with van der Waals surface area (Å²) < 4.78 is 1.81. The lowest BCUT2D eigenvalue weighted by molar-refractivity contribution is 0.237. The standard InChI is InChI=1S/C12H21N3O2/c1-9-11(8-17)12(14(2)13-9)15-6-4-3-5-10(15)7-16/h10,16-17H,3-8H2,1-2H3. The fourth-order valence-electron chi connectivity index (χ4n) is 2.70. The largest absolute Gasteiger partial charge is 0.394 e. The zero-order chi connectivity index (χ0) is 12.4. The van der Waals surface area contributed by atoms with Crippen molar-refractivity contribution in [1.82, 2.24) is 9.78 Å². The van der Waals surface area contributed by atoms with E-state index >= 15 is 0 Å². The molecule has 0 saturated carbocycles. The average molecular weight is 239 g/mol. The Bertz CT molecular complexity index is 389. The van der Waals surface area contributed by atoms with Crippen LogP contribution >= 0.6 is 0 Å². The van der Waals surface area contributed by atoms with Crippen molar-refractivity contribution in [2.24, 2.45) is 7.05 Å². The SMILES string of the molecule is Cc1nn(C)c(N2CCCCC2CO)c1CO. The Morgan fingerprint density at radius 2 is 2.12 bits per heavy atom. The Balaban J connectivity index is 2.37. The molecule has 96 valence electrons. The van der Waals surface area contributed by atoms with Gasteiger partial charge >= 0.3 is 0 Å². The van der Waals surface area contributed by atoms with Crippen LogP contribution in [0.2, 0.25) is 0 Å². The molecule has 2 heterocycles. The monoisotopic (exact) mass is 239 g/mol. The Morgan fingerprint density at radius 1 is 1.35 bits per heavy atom. The summed E-state index contributed by atoms with van der Waals surface area (Å²) in [5.41, 5.74) is 1.75. The lowest BCUT2D eigenvalue weighted by Gasteiger charge is -2.36. The van der Waals surface area contributed by atoms with E-state index in [-0.39, 0.29) is 19.3 Å². The summed E-state index contributed by atoms with van der Waals surface area (Å²) in [5.74, 6) is 0.962. The van der Waals surface area contributed by atoms with E-state index in [9.17, 15) is 10.2 Å². The normalized spacial score (nSPS) is 20.9. The van der Waals surface area contributed by atoms with Crippen LogP contribution in [0.3, 0.4) is 0 Å². The molecule has 1 aromatic heterocycles. The van der Waals surface area contributed by atoms with Crippen molar-refractivity contribution in [3.05, 3.63) is 11.3 Å². The minimum Gasteiger partial charge on any atom is -0.394 e. The molecule has 1 saturated heterocycles. The zero-order valence-electron chi connectivity index (χ0n) is 10.6. The van der Waals surface area contributed by atoms with E-state index in [0.29, 0.717) is 0 Å². The molecular weight excluding hydrogens is 218 g/mol. The second kappa shape index (κ2) is 5.06. The maximum atomic E-state index is 9.46. The number of hydrogen-bond donors (Lipinski definition) is 2. The van der Waals surface area contributed by atoms with Crippen LogP contribution < -0.4 is 4.90 Å². The molecule has 2 rings (SSSR count). The molecule has 0 spiro atoms. The number of piperidine rings is 1. The van der Waals surface area contributed by atoms with Gasteiger partial charge in [0.1, 0.15) is 5.82 Å². The van der Waals surface area contributed by atoms with Crippen molar-refractivity contribution in [2.75, 3.05) is 18.1 Å². The number of hydrogen-bond acceptors (Lipinski definition) is 4. The second-order valence-corrected chi connectivity index (χ2v) is 4.69. The first-order valence-electron chi connectivity index (χ1n) is 6.19. The Morgan fingerprint density at radius 3 is 2.76 bits per heavy atom. The first-order chi connectivity index (χ1) is 8.19. The van der Waals surface area contributed by atoms with Gasteiger partial charge in [0.15, 0.2) is 0 Å². The number of aromatic nitrogens is 2. The van der Waals surface area contributed by atoms with Gasteiger partial charge in [-0.25, -0.2) is 0 Å². The summed E-state index contributed by atoms with van der Waals surface area (Å²) in [4.78, 5) is 2.19. The number of anilines is 1. The van der Waals surface area contributed by atoms with E-state index in [2.05, 4.69) is 10.00 Å². The van der Waals surface area contributed by atoms with Crippen LogP contribution in [-0.4, -0.2) is 39.2 Å². The minimum absolute atomic E-state index is 0.00363. The van der Waals surface area contributed by atoms with Gasteiger partial charge in [-0.2, -0.15) is 5.10 Å². The summed E-state index contributed by atoms with van der Waals surface area (Å²) in [7, 11) is 1.89. The Kier molecular flexibility index (Phi) is 3.69. The van der Waals surface area contributed by atoms with Crippen molar-refractivity contribution in [3.63, 3.8) is 0 Å². The molecule has 1 unspecified atom stereocenters. The highest BCUT2D eigenvalue weighted by Crippen LogP contribution is 2.29. The third-order valence-corrected chi connectivity index (χ3v) is 3.58. The zero-order valence-corrected chi connectivity index (χ0v) is 10.6. The number of rotatable bonds is 3. The predicted octanol–water partition coefficient (Wildman–Crippen LogP) is 0.572. The molecule has 5 heteroatoms. The highest BCUT2D eigenvalue weighted by Gasteiger charge is 2.27. The molecule has 1 aliphatic rings. The van der Waals surface area contributed by atoms with Gasteiger partial charge in [0.05, 0.1) is 24.9 Å². The highest BCUT2D eigenvalue weighted by molar-refractivity contribution is 5.51. The molecule has 2 N–H and O–H groups in total. The topological polar surface area (TPSA) is 61.5 Å². The maximum absolute atomic E-state index is 9.46. The van der Waals surface area contributed by atoms with Gasteiger partial charge in [0, 0.05) is 19.2 Å². The van der Waals surface area contributed by atoms with Crippen molar-refractivity contribution < 1.29 is 10.2 Å². The van der Waals surface area contributed by atoms with E-state index < -0.39 is 0 Å². The number of nitrogens with zero attached hydrogens (tertiary/aromatic N) is 3. The van der Waals surface area contributed by atoms with Crippen LogP contribution in [0.15, 0.2) is 0 Å². The molecule has 0 aliphatic carbocycles. The van der Waals surface area contributed by atoms with E-state index in [1.807, 2.05) is 18.7 Å². The third-order valence-electron chi connectivity index (χ3n) is 3.58. The summed E-state index contributed by atoms with van der Waals surface area (Å²) in [6.07, 6.45) is 3.30. The molecule has 5 nitrogen and oxygen atoms in total. The van der Waals surface area contributed by atoms with Gasteiger partial charge in [0.2, 0.25) is 0 Å². The van der Waals surface area contributed by atoms with Gasteiger partial charge in [-0.1, -0.05) is 0 Å². The molecule has 1 fully saturated rings. The summed E-state index contributed by atoms with van der Waals surface area (Å²) in [6.45, 7) is 3.00. The molecule has 0 radical (unpaired) electrons. The van der Waals surface area contributed by atoms with Gasteiger partial charge in [-0.3, -0.25) is 4.68 Å². The molecule has 0 aromatic carbocycles. The summed E-state index contributed by atoms with van der Waals surface area (Å²) in [5, 5.41) is 23.3. The van der Waals surface area contributed by atoms with Crippen molar-refractivity contribution in [3.8, 4) is 0 Å². The van der Waals surface area contributed by atoms with Crippen LogP contribution in [0.4, 0.5) is 5.82 Å². The average Bonchev–Trinajstić information content (AvgIpc) is 2.63. The maximum Gasteiger partial charge on any atom is 0.132 e. The predicted molar refractivity (Wildman–Crippen MR) is 65.9 cm³/mol. The van der Waals surface area contributed by atoms with E-state index in [0.717, 1.165) is 42.9 Å². The van der Waals surface area contributed by atoms with Gasteiger partial charge < -0.3 is 15.1 Å². The van der Waals surface area contributed by atoms with Gasteiger partial charge in [-0.05, 0) is 26.2 Å². The van der Waals surface area contributed by atoms with Crippen LogP contribution in [-0.2, 0) is 13.7 Å². The fourth-order valence-corrected chi connectivity index (χ4v) is 2.70. The van der Waals surface area contributed by atoms with Crippen LogP contribution in [0.1, 0.15) is 30.5 Å². The van der Waals surface area contributed by atoms with Crippen molar-refractivity contribution >= 4 is 5.82 Å². The van der Waals surface area contributed by atoms with Gasteiger partial charge in [-0.15, -0.1) is 0 Å². The highest BCUT2D eigenvalue weighted by atomic mass is 16.3. The summed E-state index contributed by atoms with van der Waals surface area (Å²) >= 11 is 0. The lowest BCUT2D eigenvalue weighted by Crippen LogP contribution is -2.43. The molecule has 0 amide bonds. The van der Waals surface area contributed by atoms with Crippen LogP contribution in [0.5, 0.6) is 0 Å². The van der Waals surface area contributed by atoms with Gasteiger partial charge in [0.25, 0.3) is 0 Å². The second-order valence-electron chi connectivity index (χ2n) is 4.69. The molecule has 17 heavy (non-hydrogen) atoms. The summed E-state index contributed by atoms with van der Waals surface area (Å²) in [6, 6.07) is 0.156. The molecule has 1 aliphatic heterocycles. The Hall–Kier alpha value is -1.07. The quantitative estimate of drug-likeness (QED) is 0.809. The molecular formula is C12H21N3O2. The van der Waals surface area contributed by atoms with Crippen molar-refractivity contribution in [2.45, 2.75) is 38.8 Å². The lowest BCUT2D eigenvalue weighted by atomic mass is 10.0. The fraction of sp³-hybridized carbons (Fsp3) is 0.750. The third kappa shape index (κ3) is 2.17. The van der Waals surface area contributed by atoms with Crippen LogP contribution in [0, 0.1) is 6.92 Å². The first kappa shape index (κ1) is 12.4. The van der Waals surface area contributed by atoms with Crippen molar-refractivity contribution in [1.29, 1.82) is 0 Å². The number of aliphatic hydroxyl groups excluding tert-OH is 2. The first-order valence-corrected chi connectivity index (χ1v) is 6.19. The van der Waals surface area contributed by atoms with E-state index in [1.54, 1.807) is 0 Å². The van der Waals surface area contributed by atoms with E-state index in [1.165, 1.54) is 0 Å². The molecule has 1 atom stereocenters.